The van der Waals surface area contributed by atoms with E-state index in [1.54, 1.807) is 0 Å². The fourth-order valence-electron chi connectivity index (χ4n) is 3.67. The van der Waals surface area contributed by atoms with E-state index in [0.717, 1.165) is 23.7 Å². The number of likely N-dealkylation sites (N-methyl/N-ethyl adjacent to an activating group) is 1. The summed E-state index contributed by atoms with van der Waals surface area (Å²) < 4.78 is 0. The van der Waals surface area contributed by atoms with Gasteiger partial charge in [0.05, 0.1) is 0 Å². The molecule has 2 aliphatic rings. The summed E-state index contributed by atoms with van der Waals surface area (Å²) >= 11 is 0. The summed E-state index contributed by atoms with van der Waals surface area (Å²) in [6.07, 6.45) is 1.29. The van der Waals surface area contributed by atoms with Crippen LogP contribution in [0.15, 0.2) is 36.4 Å². The Bertz CT molecular complexity index is 635. The monoisotopic (exact) mass is 253 g/mol. The van der Waals surface area contributed by atoms with Crippen molar-refractivity contribution in [2.24, 2.45) is 0 Å². The summed E-state index contributed by atoms with van der Waals surface area (Å²) in [6.45, 7) is 2.32. The minimum atomic E-state index is 0.663. The Hall–Kier alpha value is -1.74. The maximum Gasteiger partial charge on any atom is 0.0433 e. The van der Waals surface area contributed by atoms with E-state index in [1.807, 2.05) is 6.07 Å². The summed E-state index contributed by atoms with van der Waals surface area (Å²) in [4.78, 5) is 5.01. The van der Waals surface area contributed by atoms with Gasteiger partial charge in [-0.25, -0.2) is 0 Å². The van der Waals surface area contributed by atoms with E-state index in [9.17, 15) is 0 Å². The van der Waals surface area contributed by atoms with Crippen molar-refractivity contribution in [1.82, 2.24) is 4.90 Å². The van der Waals surface area contributed by atoms with Crippen molar-refractivity contribution in [3.8, 4) is 0 Å². The lowest BCUT2D eigenvalue weighted by Gasteiger charge is -2.34. The zero-order valence-corrected chi connectivity index (χ0v) is 11.2. The smallest absolute Gasteiger partial charge is 0.0433 e. The molecule has 2 heterocycles. The van der Waals surface area contributed by atoms with Gasteiger partial charge in [-0.2, -0.15) is 0 Å². The topological polar surface area (TPSA) is 32.5 Å². The molecule has 2 N–H and O–H groups in total. The first-order valence-corrected chi connectivity index (χ1v) is 6.97. The highest BCUT2D eigenvalue weighted by Gasteiger charge is 2.41. The van der Waals surface area contributed by atoms with Crippen molar-refractivity contribution >= 4 is 22.1 Å². The number of fused-ring (bicyclic) bond motifs is 3. The highest BCUT2D eigenvalue weighted by Crippen LogP contribution is 2.36. The molecular formula is C16H19N3. The first-order valence-electron chi connectivity index (χ1n) is 6.97. The quantitative estimate of drug-likeness (QED) is 0.792. The lowest BCUT2D eigenvalue weighted by atomic mass is 10.1. The van der Waals surface area contributed by atoms with Crippen LogP contribution in [0.4, 0.5) is 11.4 Å². The van der Waals surface area contributed by atoms with E-state index in [0.29, 0.717) is 6.04 Å². The van der Waals surface area contributed by atoms with Crippen molar-refractivity contribution in [3.63, 3.8) is 0 Å². The Balaban J connectivity index is 1.77. The summed E-state index contributed by atoms with van der Waals surface area (Å²) in [7, 11) is 2.23. The molecule has 2 aromatic rings. The Morgan fingerprint density at radius 3 is 2.68 bits per heavy atom. The number of nitrogens with two attached hydrogens (primary N) is 1. The standard InChI is InChI=1S/C16H19N3/c1-18-9-14-7-13(18)10-19(14)12-6-11-4-2-3-5-15(11)16(17)8-12/h2-6,8,13-14H,7,9-10,17H2,1H3. The lowest BCUT2D eigenvalue weighted by Crippen LogP contribution is -2.44. The number of hydrogen-bond donors (Lipinski definition) is 1. The largest absolute Gasteiger partial charge is 0.398 e. The molecule has 4 rings (SSSR count). The van der Waals surface area contributed by atoms with Crippen molar-refractivity contribution in [2.75, 3.05) is 30.8 Å². The van der Waals surface area contributed by atoms with Crippen LogP contribution in [0.1, 0.15) is 6.42 Å². The van der Waals surface area contributed by atoms with Crippen LogP contribution >= 0.6 is 0 Å². The van der Waals surface area contributed by atoms with Crippen molar-refractivity contribution < 1.29 is 0 Å². The van der Waals surface area contributed by atoms with Crippen LogP contribution in [0, 0.1) is 0 Å². The molecule has 2 bridgehead atoms. The average Bonchev–Trinajstić information content (AvgIpc) is 2.97. The number of rotatable bonds is 1. The van der Waals surface area contributed by atoms with Crippen molar-refractivity contribution in [2.45, 2.75) is 18.5 Å². The van der Waals surface area contributed by atoms with E-state index in [2.05, 4.69) is 47.2 Å². The summed E-state index contributed by atoms with van der Waals surface area (Å²) in [6, 6.07) is 14.2. The second kappa shape index (κ2) is 3.87. The molecule has 3 nitrogen and oxygen atoms in total. The van der Waals surface area contributed by atoms with Crippen LogP contribution in [0.3, 0.4) is 0 Å². The minimum Gasteiger partial charge on any atom is -0.398 e. The molecule has 3 heteroatoms. The second-order valence-corrected chi connectivity index (χ2v) is 5.89. The summed E-state index contributed by atoms with van der Waals surface area (Å²) in [5.41, 5.74) is 8.39. The SMILES string of the molecule is CN1CC2CC1CN2c1cc(N)c2ccccc2c1. The molecule has 98 valence electrons. The Morgan fingerprint density at radius 2 is 1.95 bits per heavy atom. The van der Waals surface area contributed by atoms with Crippen LogP contribution in [0.2, 0.25) is 0 Å². The number of likely N-dealkylation sites (tertiary alicyclic amines) is 1. The molecule has 2 aliphatic heterocycles. The van der Waals surface area contributed by atoms with E-state index in [4.69, 9.17) is 5.73 Å². The molecule has 19 heavy (non-hydrogen) atoms. The van der Waals surface area contributed by atoms with Gasteiger partial charge in [0.15, 0.2) is 0 Å². The fraction of sp³-hybridized carbons (Fsp3) is 0.375. The Kier molecular flexibility index (Phi) is 2.27. The van der Waals surface area contributed by atoms with E-state index >= 15 is 0 Å². The summed E-state index contributed by atoms with van der Waals surface area (Å²) in [5, 5.41) is 2.40. The van der Waals surface area contributed by atoms with E-state index < -0.39 is 0 Å². The number of nitrogen functional groups attached to an aromatic ring is 1. The third-order valence-corrected chi connectivity index (χ3v) is 4.72. The van der Waals surface area contributed by atoms with Gasteiger partial charge in [0, 0.05) is 41.9 Å². The number of piperazine rings is 1. The number of benzene rings is 2. The van der Waals surface area contributed by atoms with Gasteiger partial charge in [0.2, 0.25) is 0 Å². The van der Waals surface area contributed by atoms with E-state index in [-0.39, 0.29) is 0 Å². The molecule has 2 saturated heterocycles. The van der Waals surface area contributed by atoms with E-state index in [1.165, 1.54) is 24.0 Å². The normalized spacial score (nSPS) is 26.5. The maximum absolute atomic E-state index is 6.21. The van der Waals surface area contributed by atoms with Crippen molar-refractivity contribution in [1.29, 1.82) is 0 Å². The van der Waals surface area contributed by atoms with Gasteiger partial charge >= 0.3 is 0 Å². The highest BCUT2D eigenvalue weighted by atomic mass is 15.3. The van der Waals surface area contributed by atoms with Crippen LogP contribution in [0.5, 0.6) is 0 Å². The van der Waals surface area contributed by atoms with Gasteiger partial charge < -0.3 is 10.6 Å². The Labute approximate surface area is 113 Å². The number of nitrogens with zero attached hydrogens (tertiary/aromatic N) is 2. The van der Waals surface area contributed by atoms with Crippen LogP contribution in [-0.4, -0.2) is 37.1 Å². The molecule has 0 saturated carbocycles. The molecular weight excluding hydrogens is 234 g/mol. The molecule has 0 aromatic heterocycles. The predicted octanol–water partition coefficient (Wildman–Crippen LogP) is 2.31. The molecule has 0 aliphatic carbocycles. The zero-order valence-electron chi connectivity index (χ0n) is 11.2. The first kappa shape index (κ1) is 11.1. The van der Waals surface area contributed by atoms with Gasteiger partial charge in [0.1, 0.15) is 0 Å². The molecule has 0 amide bonds. The average molecular weight is 253 g/mol. The van der Waals surface area contributed by atoms with Gasteiger partial charge in [-0.1, -0.05) is 24.3 Å². The first-order chi connectivity index (χ1) is 9.22. The molecule has 0 spiro atoms. The van der Waals surface area contributed by atoms with Crippen LogP contribution < -0.4 is 10.6 Å². The fourth-order valence-corrected chi connectivity index (χ4v) is 3.67. The number of hydrogen-bond acceptors (Lipinski definition) is 3. The maximum atomic E-state index is 6.21. The van der Waals surface area contributed by atoms with Gasteiger partial charge in [0.25, 0.3) is 0 Å². The molecule has 2 aromatic carbocycles. The summed E-state index contributed by atoms with van der Waals surface area (Å²) in [5.74, 6) is 0. The molecule has 2 fully saturated rings. The molecule has 2 atom stereocenters. The highest BCUT2D eigenvalue weighted by molar-refractivity contribution is 5.96. The molecule has 2 unspecified atom stereocenters. The number of anilines is 2. The van der Waals surface area contributed by atoms with Crippen LogP contribution in [0.25, 0.3) is 10.8 Å². The lowest BCUT2D eigenvalue weighted by molar-refractivity contribution is 0.292. The third-order valence-electron chi connectivity index (χ3n) is 4.72. The zero-order chi connectivity index (χ0) is 13.0. The van der Waals surface area contributed by atoms with Crippen molar-refractivity contribution in [3.05, 3.63) is 36.4 Å². The minimum absolute atomic E-state index is 0.663. The second-order valence-electron chi connectivity index (χ2n) is 5.89. The van der Waals surface area contributed by atoms with Crippen LogP contribution in [-0.2, 0) is 0 Å². The Morgan fingerprint density at radius 1 is 1.11 bits per heavy atom. The van der Waals surface area contributed by atoms with Gasteiger partial charge in [-0.3, -0.25) is 4.90 Å². The molecule has 0 radical (unpaired) electrons. The third kappa shape index (κ3) is 1.61. The van der Waals surface area contributed by atoms with Gasteiger partial charge in [-0.05, 0) is 31.0 Å². The van der Waals surface area contributed by atoms with Gasteiger partial charge in [-0.15, -0.1) is 0 Å². The predicted molar refractivity (Wildman–Crippen MR) is 80.5 cm³/mol.